The van der Waals surface area contributed by atoms with Crippen LogP contribution in [0.3, 0.4) is 0 Å². The molecule has 4 rings (SSSR count). The largest absolute Gasteiger partial charge is 0.497 e. The van der Waals surface area contributed by atoms with Crippen LogP contribution in [0.2, 0.25) is 0 Å². The van der Waals surface area contributed by atoms with Crippen LogP contribution in [0.1, 0.15) is 11.3 Å². The first-order chi connectivity index (χ1) is 15.8. The summed E-state index contributed by atoms with van der Waals surface area (Å²) in [6.07, 6.45) is -3.78. The van der Waals surface area contributed by atoms with E-state index >= 15 is 0 Å². The van der Waals surface area contributed by atoms with Crippen LogP contribution >= 0.6 is 23.5 Å². The molecule has 0 fully saturated rings. The second-order valence-corrected chi connectivity index (χ2v) is 9.07. The second-order valence-electron chi connectivity index (χ2n) is 7.02. The SMILES string of the molecule is COc1cccc(-n2c(SCC(=O)Nc3ccc(C(F)(F)F)cc3)nc3c(c2=O)SCC3)c1. The maximum Gasteiger partial charge on any atom is 0.416 e. The monoisotopic (exact) mass is 493 g/mol. The number of carbonyl (C=O) groups excluding carboxylic acids is 1. The standard InChI is InChI=1S/C22H18F3N3O3S2/c1-31-16-4-2-3-15(11-16)28-20(30)19-17(9-10-32-19)27-21(28)33-12-18(29)26-14-7-5-13(6-8-14)22(23,24)25/h2-8,11H,9-10,12H2,1H3,(H,26,29). The molecule has 2 heterocycles. The van der Waals surface area contributed by atoms with Gasteiger partial charge in [-0.3, -0.25) is 14.2 Å². The van der Waals surface area contributed by atoms with E-state index in [0.717, 1.165) is 29.6 Å². The number of alkyl halides is 3. The number of benzene rings is 2. The van der Waals surface area contributed by atoms with E-state index in [-0.39, 0.29) is 17.0 Å². The topological polar surface area (TPSA) is 73.2 Å². The molecule has 0 bridgehead atoms. The highest BCUT2D eigenvalue weighted by atomic mass is 32.2. The van der Waals surface area contributed by atoms with Crippen molar-refractivity contribution in [2.45, 2.75) is 22.6 Å². The van der Waals surface area contributed by atoms with Crippen LogP contribution in [0.15, 0.2) is 63.4 Å². The summed E-state index contributed by atoms with van der Waals surface area (Å²) in [5.41, 5.74) is 0.512. The van der Waals surface area contributed by atoms with Gasteiger partial charge < -0.3 is 10.1 Å². The predicted octanol–water partition coefficient (Wildman–Crippen LogP) is 4.64. The Morgan fingerprint density at radius 2 is 2.00 bits per heavy atom. The lowest BCUT2D eigenvalue weighted by atomic mass is 10.2. The number of aromatic nitrogens is 2. The van der Waals surface area contributed by atoms with Crippen LogP contribution in [-0.4, -0.2) is 34.1 Å². The Bertz CT molecular complexity index is 1240. The minimum absolute atomic E-state index is 0.0800. The molecule has 11 heteroatoms. The number of rotatable bonds is 6. The molecule has 1 aliphatic rings. The molecule has 33 heavy (non-hydrogen) atoms. The van der Waals surface area contributed by atoms with Gasteiger partial charge in [0, 0.05) is 23.9 Å². The molecule has 0 unspecified atom stereocenters. The molecule has 6 nitrogen and oxygen atoms in total. The number of nitrogens with zero attached hydrogens (tertiary/aromatic N) is 2. The fraction of sp³-hybridized carbons (Fsp3) is 0.227. The number of amides is 1. The average molecular weight is 494 g/mol. The van der Waals surface area contributed by atoms with Gasteiger partial charge in [-0.15, -0.1) is 11.8 Å². The summed E-state index contributed by atoms with van der Waals surface area (Å²) in [5, 5.41) is 2.93. The van der Waals surface area contributed by atoms with Crippen molar-refractivity contribution in [2.75, 3.05) is 23.9 Å². The predicted molar refractivity (Wildman–Crippen MR) is 122 cm³/mol. The van der Waals surface area contributed by atoms with Gasteiger partial charge in [0.15, 0.2) is 5.16 Å². The van der Waals surface area contributed by atoms with Crippen molar-refractivity contribution in [3.8, 4) is 11.4 Å². The molecule has 0 saturated heterocycles. The normalized spacial score (nSPS) is 13.0. The number of aryl methyl sites for hydroxylation is 1. The van der Waals surface area contributed by atoms with Gasteiger partial charge >= 0.3 is 6.18 Å². The first-order valence-electron chi connectivity index (χ1n) is 9.79. The Kier molecular flexibility index (Phi) is 6.71. The Balaban J connectivity index is 1.56. The van der Waals surface area contributed by atoms with Crippen molar-refractivity contribution >= 4 is 35.1 Å². The molecule has 3 aromatic rings. The molecule has 1 aliphatic heterocycles. The number of anilines is 1. The number of carbonyl (C=O) groups is 1. The number of hydrogen-bond donors (Lipinski definition) is 1. The zero-order valence-corrected chi connectivity index (χ0v) is 18.9. The van der Waals surface area contributed by atoms with Crippen LogP contribution < -0.4 is 15.6 Å². The van der Waals surface area contributed by atoms with Gasteiger partial charge in [0.1, 0.15) is 5.75 Å². The number of halogens is 3. The number of methoxy groups -OCH3 is 1. The highest BCUT2D eigenvalue weighted by molar-refractivity contribution is 8.00. The highest BCUT2D eigenvalue weighted by Gasteiger charge is 2.30. The lowest BCUT2D eigenvalue weighted by Gasteiger charge is -2.14. The summed E-state index contributed by atoms with van der Waals surface area (Å²) >= 11 is 2.54. The van der Waals surface area contributed by atoms with Gasteiger partial charge in [-0.2, -0.15) is 13.2 Å². The minimum Gasteiger partial charge on any atom is -0.497 e. The maximum absolute atomic E-state index is 13.2. The molecule has 1 amide bonds. The third-order valence-electron chi connectivity index (χ3n) is 4.81. The van der Waals surface area contributed by atoms with Crippen molar-refractivity contribution in [3.63, 3.8) is 0 Å². The van der Waals surface area contributed by atoms with Gasteiger partial charge in [-0.25, -0.2) is 4.98 Å². The van der Waals surface area contributed by atoms with E-state index in [1.807, 2.05) is 0 Å². The smallest absolute Gasteiger partial charge is 0.416 e. The summed E-state index contributed by atoms with van der Waals surface area (Å²) < 4.78 is 44.8. The second kappa shape index (κ2) is 9.52. The number of thioether (sulfide) groups is 2. The van der Waals surface area contributed by atoms with Crippen molar-refractivity contribution in [2.24, 2.45) is 0 Å². The van der Waals surface area contributed by atoms with E-state index in [4.69, 9.17) is 4.74 Å². The molecule has 0 saturated carbocycles. The molecule has 1 aromatic heterocycles. The van der Waals surface area contributed by atoms with Crippen LogP contribution in [0, 0.1) is 0 Å². The van der Waals surface area contributed by atoms with Crippen LogP contribution in [0.5, 0.6) is 5.75 Å². The molecule has 2 aromatic carbocycles. The summed E-state index contributed by atoms with van der Waals surface area (Å²) in [6.45, 7) is 0. The minimum atomic E-state index is -4.44. The first kappa shape index (κ1) is 23.2. The average Bonchev–Trinajstić information content (AvgIpc) is 3.26. The molecule has 0 radical (unpaired) electrons. The van der Waals surface area contributed by atoms with E-state index in [2.05, 4.69) is 10.3 Å². The Hall–Kier alpha value is -2.92. The number of nitrogens with one attached hydrogen (secondary N) is 1. The zero-order valence-electron chi connectivity index (χ0n) is 17.3. The fourth-order valence-corrected chi connectivity index (χ4v) is 5.09. The number of ether oxygens (including phenoxy) is 1. The molecule has 0 aliphatic carbocycles. The van der Waals surface area contributed by atoms with Crippen molar-refractivity contribution in [1.29, 1.82) is 0 Å². The van der Waals surface area contributed by atoms with Gasteiger partial charge in [-0.1, -0.05) is 17.8 Å². The Labute approximate surface area is 195 Å². The lowest BCUT2D eigenvalue weighted by Crippen LogP contribution is -2.24. The summed E-state index contributed by atoms with van der Waals surface area (Å²) in [4.78, 5) is 30.8. The number of fused-ring (bicyclic) bond motifs is 1. The van der Waals surface area contributed by atoms with E-state index in [9.17, 15) is 22.8 Å². The molecule has 1 N–H and O–H groups in total. The molecule has 0 spiro atoms. The van der Waals surface area contributed by atoms with Crippen molar-refractivity contribution in [1.82, 2.24) is 9.55 Å². The van der Waals surface area contributed by atoms with E-state index in [0.29, 0.717) is 33.6 Å². The first-order valence-corrected chi connectivity index (χ1v) is 11.8. The van der Waals surface area contributed by atoms with E-state index in [1.54, 1.807) is 24.3 Å². The van der Waals surface area contributed by atoms with Crippen LogP contribution in [0.4, 0.5) is 18.9 Å². The summed E-state index contributed by atoms with van der Waals surface area (Å²) in [6, 6.07) is 11.2. The quantitative estimate of drug-likeness (QED) is 0.399. The maximum atomic E-state index is 13.2. The molecular weight excluding hydrogens is 475 g/mol. The van der Waals surface area contributed by atoms with Gasteiger partial charge in [-0.05, 0) is 36.4 Å². The number of hydrogen-bond acceptors (Lipinski definition) is 6. The van der Waals surface area contributed by atoms with Crippen molar-refractivity contribution in [3.05, 3.63) is 70.1 Å². The van der Waals surface area contributed by atoms with Gasteiger partial charge in [0.25, 0.3) is 5.56 Å². The Morgan fingerprint density at radius 1 is 1.24 bits per heavy atom. The van der Waals surface area contributed by atoms with Crippen LogP contribution in [-0.2, 0) is 17.4 Å². The van der Waals surface area contributed by atoms with Gasteiger partial charge in [0.05, 0.1) is 34.7 Å². The summed E-state index contributed by atoms with van der Waals surface area (Å²) in [7, 11) is 1.53. The summed E-state index contributed by atoms with van der Waals surface area (Å²) in [5.74, 6) is 0.825. The van der Waals surface area contributed by atoms with Gasteiger partial charge in [0.2, 0.25) is 5.91 Å². The van der Waals surface area contributed by atoms with Crippen LogP contribution in [0.25, 0.3) is 5.69 Å². The van der Waals surface area contributed by atoms with E-state index < -0.39 is 17.6 Å². The third kappa shape index (κ3) is 5.19. The lowest BCUT2D eigenvalue weighted by molar-refractivity contribution is -0.137. The zero-order chi connectivity index (χ0) is 23.6. The van der Waals surface area contributed by atoms with E-state index in [1.165, 1.54) is 35.6 Å². The molecular formula is C22H18F3N3O3S2. The third-order valence-corrected chi connectivity index (χ3v) is 6.85. The van der Waals surface area contributed by atoms with Crippen molar-refractivity contribution < 1.29 is 22.7 Å². The molecule has 172 valence electrons. The Morgan fingerprint density at radius 3 is 2.70 bits per heavy atom. The molecule has 0 atom stereocenters. The fourth-order valence-electron chi connectivity index (χ4n) is 3.24. The highest BCUT2D eigenvalue weighted by Crippen LogP contribution is 2.31.